The van der Waals surface area contributed by atoms with Gasteiger partial charge < -0.3 is 0 Å². The van der Waals surface area contributed by atoms with Gasteiger partial charge in [0.2, 0.25) is 0 Å². The summed E-state index contributed by atoms with van der Waals surface area (Å²) in [5.74, 6) is 0.496. The van der Waals surface area contributed by atoms with Crippen LogP contribution < -0.4 is 0 Å². The number of hydrogen-bond acceptors (Lipinski definition) is 2. The van der Waals surface area contributed by atoms with E-state index >= 15 is 0 Å². The summed E-state index contributed by atoms with van der Waals surface area (Å²) in [7, 11) is 0. The predicted molar refractivity (Wildman–Crippen MR) is 66.8 cm³/mol. The monoisotopic (exact) mass is 230 g/mol. The topological polar surface area (TPSA) is 34.1 Å². The van der Waals surface area contributed by atoms with Crippen LogP contribution >= 0.6 is 0 Å². The van der Waals surface area contributed by atoms with E-state index in [0.29, 0.717) is 18.6 Å². The van der Waals surface area contributed by atoms with E-state index < -0.39 is 0 Å². The fraction of sp³-hybridized carbons (Fsp3) is 0.467. The number of carbonyl (C=O) groups excluding carboxylic acids is 2. The van der Waals surface area contributed by atoms with E-state index in [-0.39, 0.29) is 17.6 Å². The molecule has 1 aliphatic rings. The SMILES string of the molecule is CC(=O)C(CC1CCCC1=O)c1ccccc1. The Hall–Kier alpha value is -1.44. The summed E-state index contributed by atoms with van der Waals surface area (Å²) in [5, 5.41) is 0. The van der Waals surface area contributed by atoms with Crippen molar-refractivity contribution in [2.45, 2.75) is 38.5 Å². The van der Waals surface area contributed by atoms with E-state index in [4.69, 9.17) is 0 Å². The van der Waals surface area contributed by atoms with Gasteiger partial charge in [0.15, 0.2) is 0 Å². The highest BCUT2D eigenvalue weighted by atomic mass is 16.1. The van der Waals surface area contributed by atoms with Gasteiger partial charge in [-0.3, -0.25) is 9.59 Å². The van der Waals surface area contributed by atoms with Gasteiger partial charge in [-0.05, 0) is 31.7 Å². The molecule has 2 atom stereocenters. The van der Waals surface area contributed by atoms with Gasteiger partial charge in [-0.1, -0.05) is 30.3 Å². The molecule has 2 unspecified atom stereocenters. The van der Waals surface area contributed by atoms with Gasteiger partial charge in [0.1, 0.15) is 11.6 Å². The van der Waals surface area contributed by atoms with Crippen LogP contribution in [-0.4, -0.2) is 11.6 Å². The van der Waals surface area contributed by atoms with E-state index in [1.807, 2.05) is 30.3 Å². The molecule has 0 radical (unpaired) electrons. The molecule has 1 fully saturated rings. The molecule has 2 rings (SSSR count). The summed E-state index contributed by atoms with van der Waals surface area (Å²) in [4.78, 5) is 23.4. The molecular formula is C15H18O2. The lowest BCUT2D eigenvalue weighted by Gasteiger charge is -2.17. The van der Waals surface area contributed by atoms with Crippen molar-refractivity contribution in [1.29, 1.82) is 0 Å². The van der Waals surface area contributed by atoms with Crippen molar-refractivity contribution >= 4 is 11.6 Å². The van der Waals surface area contributed by atoms with Crippen LogP contribution in [0.4, 0.5) is 0 Å². The number of carbonyl (C=O) groups is 2. The van der Waals surface area contributed by atoms with E-state index in [1.54, 1.807) is 6.92 Å². The predicted octanol–water partition coefficient (Wildman–Crippen LogP) is 3.12. The van der Waals surface area contributed by atoms with Crippen LogP contribution in [0.2, 0.25) is 0 Å². The van der Waals surface area contributed by atoms with E-state index in [2.05, 4.69) is 0 Å². The lowest BCUT2D eigenvalue weighted by molar-refractivity contribution is -0.122. The highest BCUT2D eigenvalue weighted by molar-refractivity contribution is 5.86. The first-order chi connectivity index (χ1) is 8.18. The van der Waals surface area contributed by atoms with Crippen LogP contribution in [0, 0.1) is 5.92 Å². The molecule has 1 aliphatic carbocycles. The van der Waals surface area contributed by atoms with Crippen molar-refractivity contribution < 1.29 is 9.59 Å². The van der Waals surface area contributed by atoms with Gasteiger partial charge in [0.25, 0.3) is 0 Å². The summed E-state index contributed by atoms with van der Waals surface area (Å²) >= 11 is 0. The minimum atomic E-state index is -0.108. The molecule has 1 saturated carbocycles. The molecule has 1 aromatic rings. The van der Waals surface area contributed by atoms with Crippen molar-refractivity contribution in [3.63, 3.8) is 0 Å². The van der Waals surface area contributed by atoms with Gasteiger partial charge in [0.05, 0.1) is 0 Å². The molecule has 2 heteroatoms. The third kappa shape index (κ3) is 2.82. The minimum Gasteiger partial charge on any atom is -0.299 e. The summed E-state index contributed by atoms with van der Waals surface area (Å²) in [5.41, 5.74) is 1.04. The van der Waals surface area contributed by atoms with E-state index in [9.17, 15) is 9.59 Å². The highest BCUT2D eigenvalue weighted by Gasteiger charge is 2.29. The van der Waals surface area contributed by atoms with Gasteiger partial charge in [-0.15, -0.1) is 0 Å². The van der Waals surface area contributed by atoms with Crippen molar-refractivity contribution in [2.24, 2.45) is 5.92 Å². The Bertz CT molecular complexity index is 408. The molecule has 0 aromatic heterocycles. The number of hydrogen-bond donors (Lipinski definition) is 0. The fourth-order valence-corrected chi connectivity index (χ4v) is 2.64. The molecule has 0 saturated heterocycles. The van der Waals surface area contributed by atoms with E-state index in [1.165, 1.54) is 0 Å². The van der Waals surface area contributed by atoms with Crippen LogP contribution in [0.25, 0.3) is 0 Å². The van der Waals surface area contributed by atoms with Crippen molar-refractivity contribution in [3.8, 4) is 0 Å². The van der Waals surface area contributed by atoms with Crippen molar-refractivity contribution in [3.05, 3.63) is 35.9 Å². The average Bonchev–Trinajstić information content (AvgIpc) is 2.72. The lowest BCUT2D eigenvalue weighted by atomic mass is 9.85. The van der Waals surface area contributed by atoms with Crippen molar-refractivity contribution in [1.82, 2.24) is 0 Å². The first-order valence-electron chi connectivity index (χ1n) is 6.26. The molecule has 17 heavy (non-hydrogen) atoms. The van der Waals surface area contributed by atoms with Crippen LogP contribution in [0.15, 0.2) is 30.3 Å². The molecule has 0 spiro atoms. The molecule has 0 heterocycles. The lowest BCUT2D eigenvalue weighted by Crippen LogP contribution is -2.16. The first kappa shape index (κ1) is 12.0. The summed E-state index contributed by atoms with van der Waals surface area (Å²) < 4.78 is 0. The van der Waals surface area contributed by atoms with Gasteiger partial charge >= 0.3 is 0 Å². The maximum absolute atomic E-state index is 11.7. The second-order valence-electron chi connectivity index (χ2n) is 4.87. The Kier molecular flexibility index (Phi) is 3.72. The fourth-order valence-electron chi connectivity index (χ4n) is 2.64. The maximum atomic E-state index is 11.7. The highest BCUT2D eigenvalue weighted by Crippen LogP contribution is 2.32. The smallest absolute Gasteiger partial charge is 0.137 e. The molecule has 2 nitrogen and oxygen atoms in total. The quantitative estimate of drug-likeness (QED) is 0.796. The second kappa shape index (κ2) is 5.26. The Morgan fingerprint density at radius 1 is 1.35 bits per heavy atom. The zero-order valence-corrected chi connectivity index (χ0v) is 10.2. The Labute approximate surface area is 102 Å². The summed E-state index contributed by atoms with van der Waals surface area (Å²) in [6.07, 6.45) is 3.33. The minimum absolute atomic E-state index is 0.101. The molecule has 0 amide bonds. The second-order valence-corrected chi connectivity index (χ2v) is 4.87. The maximum Gasteiger partial charge on any atom is 0.137 e. The van der Waals surface area contributed by atoms with Crippen LogP contribution in [-0.2, 0) is 9.59 Å². The standard InChI is InChI=1S/C15H18O2/c1-11(16)14(12-6-3-2-4-7-12)10-13-8-5-9-15(13)17/h2-4,6-7,13-14H,5,8-10H2,1H3. The third-order valence-electron chi connectivity index (χ3n) is 3.64. The van der Waals surface area contributed by atoms with Crippen LogP contribution in [0.5, 0.6) is 0 Å². The number of ketones is 2. The summed E-state index contributed by atoms with van der Waals surface area (Å²) in [6, 6.07) is 9.79. The zero-order valence-electron chi connectivity index (χ0n) is 10.2. The summed E-state index contributed by atoms with van der Waals surface area (Å²) in [6.45, 7) is 1.62. The third-order valence-corrected chi connectivity index (χ3v) is 3.64. The van der Waals surface area contributed by atoms with Gasteiger partial charge in [-0.25, -0.2) is 0 Å². The van der Waals surface area contributed by atoms with Gasteiger partial charge in [-0.2, -0.15) is 0 Å². The van der Waals surface area contributed by atoms with Crippen LogP contribution in [0.3, 0.4) is 0 Å². The van der Waals surface area contributed by atoms with Gasteiger partial charge in [0, 0.05) is 18.3 Å². The Morgan fingerprint density at radius 2 is 2.06 bits per heavy atom. The first-order valence-corrected chi connectivity index (χ1v) is 6.26. The zero-order chi connectivity index (χ0) is 12.3. The average molecular weight is 230 g/mol. The Morgan fingerprint density at radius 3 is 2.59 bits per heavy atom. The molecule has 0 N–H and O–H groups in total. The number of Topliss-reactive ketones (excluding diaryl/α,β-unsaturated/α-hetero) is 2. The van der Waals surface area contributed by atoms with E-state index in [0.717, 1.165) is 18.4 Å². The molecular weight excluding hydrogens is 212 g/mol. The molecule has 0 bridgehead atoms. The van der Waals surface area contributed by atoms with Crippen molar-refractivity contribution in [2.75, 3.05) is 0 Å². The molecule has 1 aromatic carbocycles. The number of rotatable bonds is 4. The number of benzene rings is 1. The normalized spacial score (nSPS) is 21.5. The van der Waals surface area contributed by atoms with Crippen LogP contribution in [0.1, 0.15) is 44.1 Å². The molecule has 0 aliphatic heterocycles. The Balaban J connectivity index is 2.13. The largest absolute Gasteiger partial charge is 0.299 e. The molecule has 90 valence electrons.